The molecule has 0 saturated heterocycles. The van der Waals surface area contributed by atoms with Crippen LogP contribution in [0.3, 0.4) is 0 Å². The largest absolute Gasteiger partial charge is 0.478 e. The zero-order valence-electron chi connectivity index (χ0n) is 18.3. The van der Waals surface area contributed by atoms with Gasteiger partial charge in [0.15, 0.2) is 0 Å². The Labute approximate surface area is 186 Å². The smallest absolute Gasteiger partial charge is 0.335 e. The van der Waals surface area contributed by atoms with Crippen LogP contribution in [-0.2, 0) is 16.6 Å². The van der Waals surface area contributed by atoms with E-state index < -0.39 is 21.8 Å². The van der Waals surface area contributed by atoms with Crippen molar-refractivity contribution in [2.45, 2.75) is 25.3 Å². The highest BCUT2D eigenvalue weighted by molar-refractivity contribution is 7.89. The van der Waals surface area contributed by atoms with Crippen molar-refractivity contribution < 1.29 is 22.7 Å². The van der Waals surface area contributed by atoms with Crippen molar-refractivity contribution in [3.63, 3.8) is 0 Å². The molecule has 0 aliphatic carbocycles. The number of carboxylic acid groups (broad SMARTS) is 1. The summed E-state index contributed by atoms with van der Waals surface area (Å²) in [5, 5.41) is 10.1. The van der Waals surface area contributed by atoms with E-state index in [1.165, 1.54) is 38.4 Å². The zero-order chi connectivity index (χ0) is 23.8. The van der Waals surface area contributed by atoms with E-state index in [4.69, 9.17) is 5.73 Å². The number of allylic oxidation sites excluding steroid dienone is 1. The first kappa shape index (κ1) is 23.6. The van der Waals surface area contributed by atoms with Crippen molar-refractivity contribution in [3.8, 4) is 11.1 Å². The minimum absolute atomic E-state index is 0.0767. The van der Waals surface area contributed by atoms with E-state index in [0.29, 0.717) is 27.7 Å². The Hall–Kier alpha value is -3.01. The van der Waals surface area contributed by atoms with Crippen molar-refractivity contribution in [1.29, 1.82) is 0 Å². The molecule has 3 aromatic rings. The van der Waals surface area contributed by atoms with Gasteiger partial charge in [-0.1, -0.05) is 6.07 Å². The van der Waals surface area contributed by atoms with E-state index in [2.05, 4.69) is 0 Å². The highest BCUT2D eigenvalue weighted by atomic mass is 32.2. The lowest BCUT2D eigenvalue weighted by molar-refractivity contribution is 0.0697. The Kier molecular flexibility index (Phi) is 6.54. The van der Waals surface area contributed by atoms with Crippen LogP contribution in [0.1, 0.15) is 21.6 Å². The van der Waals surface area contributed by atoms with Crippen LogP contribution in [0, 0.1) is 13.8 Å². The quantitative estimate of drug-likeness (QED) is 0.578. The van der Waals surface area contributed by atoms with Gasteiger partial charge in [0, 0.05) is 42.8 Å². The molecular formula is C23H25FN3O4S. The minimum Gasteiger partial charge on any atom is -0.478 e. The highest BCUT2D eigenvalue weighted by Crippen LogP contribution is 2.38. The lowest BCUT2D eigenvalue weighted by atomic mass is 9.97. The molecule has 0 spiro atoms. The van der Waals surface area contributed by atoms with Gasteiger partial charge in [-0.25, -0.2) is 21.9 Å². The van der Waals surface area contributed by atoms with Gasteiger partial charge in [-0.05, 0) is 61.4 Å². The van der Waals surface area contributed by atoms with Crippen LogP contribution in [0.4, 0.5) is 4.39 Å². The van der Waals surface area contributed by atoms with Gasteiger partial charge in [0.1, 0.15) is 5.83 Å². The second-order valence-electron chi connectivity index (χ2n) is 7.70. The molecule has 1 radical (unpaired) electrons. The maximum Gasteiger partial charge on any atom is 0.335 e. The monoisotopic (exact) mass is 458 g/mol. The van der Waals surface area contributed by atoms with Crippen molar-refractivity contribution in [2.24, 2.45) is 0 Å². The summed E-state index contributed by atoms with van der Waals surface area (Å²) in [6, 6.07) is 9.41. The summed E-state index contributed by atoms with van der Waals surface area (Å²) in [5.74, 6) is -1.57. The molecular weight excluding hydrogens is 433 g/mol. The highest BCUT2D eigenvalue weighted by Gasteiger charge is 2.23. The topological polar surface area (TPSA) is 103 Å². The Morgan fingerprint density at radius 2 is 1.88 bits per heavy atom. The number of hydrogen-bond donors (Lipinski definition) is 1. The molecule has 7 nitrogen and oxygen atoms in total. The van der Waals surface area contributed by atoms with Crippen LogP contribution in [0.15, 0.2) is 53.2 Å². The minimum atomic E-state index is -3.69. The third-order valence-electron chi connectivity index (χ3n) is 5.46. The predicted molar refractivity (Wildman–Crippen MR) is 122 cm³/mol. The first-order valence-electron chi connectivity index (χ1n) is 9.87. The fourth-order valence-electron chi connectivity index (χ4n) is 3.73. The van der Waals surface area contributed by atoms with E-state index >= 15 is 0 Å². The Morgan fingerprint density at radius 1 is 1.19 bits per heavy atom. The van der Waals surface area contributed by atoms with Gasteiger partial charge >= 0.3 is 5.97 Å². The van der Waals surface area contributed by atoms with Crippen molar-refractivity contribution >= 4 is 26.9 Å². The summed E-state index contributed by atoms with van der Waals surface area (Å²) < 4.78 is 42.6. The molecule has 0 saturated carbocycles. The lowest BCUT2D eigenvalue weighted by Crippen LogP contribution is -2.22. The van der Waals surface area contributed by atoms with Crippen molar-refractivity contribution in [3.05, 3.63) is 65.1 Å². The van der Waals surface area contributed by atoms with Gasteiger partial charge in [-0.15, -0.1) is 0 Å². The fraction of sp³-hybridized carbons (Fsp3) is 0.261. The molecule has 169 valence electrons. The number of halogens is 1. The van der Waals surface area contributed by atoms with E-state index in [1.54, 1.807) is 29.7 Å². The van der Waals surface area contributed by atoms with Crippen LogP contribution < -0.4 is 5.73 Å². The first-order valence-corrected chi connectivity index (χ1v) is 11.3. The second kappa shape index (κ2) is 8.85. The number of benzene rings is 2. The standard InChI is InChI=1S/C23H25FN3O4S/c1-14-5-7-18(32(30,31)26(3)4)12-19(14)22-15(2)27(13-17(24)9-10-25)21-8-6-16(23(28)29)11-20(21)22/h5-9,11-12,25H,10,13H2,1-4H3,(H,28,29)/b17-9-. The normalized spacial score (nSPS) is 12.7. The number of aromatic carboxylic acids is 1. The third-order valence-corrected chi connectivity index (χ3v) is 7.27. The molecule has 9 heteroatoms. The fourth-order valence-corrected chi connectivity index (χ4v) is 4.66. The number of aromatic nitrogens is 1. The molecule has 1 heterocycles. The van der Waals surface area contributed by atoms with Crippen LogP contribution in [-0.4, -0.2) is 49.0 Å². The Balaban J connectivity index is 2.38. The number of fused-ring (bicyclic) bond motifs is 1. The molecule has 0 aliphatic heterocycles. The van der Waals surface area contributed by atoms with Gasteiger partial charge in [-0.3, -0.25) is 5.73 Å². The molecule has 0 fully saturated rings. The summed E-state index contributed by atoms with van der Waals surface area (Å²) >= 11 is 0. The van der Waals surface area contributed by atoms with Gasteiger partial charge in [0.25, 0.3) is 0 Å². The van der Waals surface area contributed by atoms with Crippen LogP contribution in [0.2, 0.25) is 0 Å². The lowest BCUT2D eigenvalue weighted by Gasteiger charge is -2.14. The number of rotatable bonds is 7. The maximum atomic E-state index is 14.3. The number of carbonyl (C=O) groups is 1. The number of nitrogens with zero attached hydrogens (tertiary/aromatic N) is 2. The molecule has 1 aromatic heterocycles. The van der Waals surface area contributed by atoms with E-state index in [9.17, 15) is 22.7 Å². The number of nitrogens with one attached hydrogen (secondary N) is 1. The van der Waals surface area contributed by atoms with E-state index in [-0.39, 0.29) is 23.5 Å². The third kappa shape index (κ3) is 4.19. The molecule has 0 bridgehead atoms. The SMILES string of the molecule is Cc1ccc(S(=O)(=O)N(C)C)cc1-c1c(C)n(C/C(F)=C/C[NH])c2ccc(C(=O)O)cc12. The van der Waals surface area contributed by atoms with Crippen LogP contribution in [0.25, 0.3) is 22.0 Å². The number of hydrogen-bond acceptors (Lipinski definition) is 3. The van der Waals surface area contributed by atoms with Gasteiger partial charge in [0.2, 0.25) is 10.0 Å². The average molecular weight is 459 g/mol. The first-order chi connectivity index (χ1) is 15.0. The molecule has 0 atom stereocenters. The van der Waals surface area contributed by atoms with Crippen LogP contribution in [0.5, 0.6) is 0 Å². The molecule has 0 aliphatic rings. The number of carboxylic acids is 1. The number of aryl methyl sites for hydroxylation is 1. The predicted octanol–water partition coefficient (Wildman–Crippen LogP) is 4.01. The second-order valence-corrected chi connectivity index (χ2v) is 9.85. The molecule has 0 unspecified atom stereocenters. The summed E-state index contributed by atoms with van der Waals surface area (Å²) in [4.78, 5) is 11.7. The molecule has 2 aromatic carbocycles. The van der Waals surface area contributed by atoms with E-state index in [1.807, 2.05) is 6.92 Å². The van der Waals surface area contributed by atoms with Crippen LogP contribution >= 0.6 is 0 Å². The van der Waals surface area contributed by atoms with Gasteiger partial charge < -0.3 is 9.67 Å². The summed E-state index contributed by atoms with van der Waals surface area (Å²) in [6.45, 7) is 3.33. The van der Waals surface area contributed by atoms with Gasteiger partial charge in [0.05, 0.1) is 17.0 Å². The summed E-state index contributed by atoms with van der Waals surface area (Å²) in [6.07, 6.45) is 1.17. The molecule has 3 rings (SSSR count). The molecule has 0 amide bonds. The summed E-state index contributed by atoms with van der Waals surface area (Å²) in [5.41, 5.74) is 10.7. The number of sulfonamides is 1. The van der Waals surface area contributed by atoms with Crippen molar-refractivity contribution in [1.82, 2.24) is 14.6 Å². The summed E-state index contributed by atoms with van der Waals surface area (Å²) in [7, 11) is -0.787. The maximum absolute atomic E-state index is 14.3. The van der Waals surface area contributed by atoms with E-state index in [0.717, 1.165) is 9.87 Å². The Bertz CT molecular complexity index is 1340. The molecule has 32 heavy (non-hydrogen) atoms. The van der Waals surface area contributed by atoms with Gasteiger partial charge in [-0.2, -0.15) is 0 Å². The average Bonchev–Trinajstić information content (AvgIpc) is 2.99. The van der Waals surface area contributed by atoms with Crippen molar-refractivity contribution in [2.75, 3.05) is 20.6 Å². The Morgan fingerprint density at radius 3 is 2.47 bits per heavy atom. The molecule has 2 N–H and O–H groups in total. The zero-order valence-corrected chi connectivity index (χ0v) is 19.1.